The number of hydrogen-bond acceptors (Lipinski definition) is 7. The number of piperidine rings is 1. The summed E-state index contributed by atoms with van der Waals surface area (Å²) in [6.07, 6.45) is 1.28. The summed E-state index contributed by atoms with van der Waals surface area (Å²) in [5.41, 5.74) is 3.94. The van der Waals surface area contributed by atoms with Crippen LogP contribution in [0.5, 0.6) is 0 Å². The van der Waals surface area contributed by atoms with Gasteiger partial charge in [-0.25, -0.2) is 8.42 Å². The third kappa shape index (κ3) is 4.73. The SMILES string of the molecule is Cc1cc(C)c(NC(=O)[C@@H]2CCCN(S(=O)(=O)c3cc(-c4noc(C)n4)sc3C)C2)c(C)c1. The van der Waals surface area contributed by atoms with E-state index in [1.165, 1.54) is 15.6 Å². The van der Waals surface area contributed by atoms with Crippen molar-refractivity contribution in [2.45, 2.75) is 52.4 Å². The van der Waals surface area contributed by atoms with Crippen molar-refractivity contribution in [1.82, 2.24) is 14.4 Å². The summed E-state index contributed by atoms with van der Waals surface area (Å²) < 4.78 is 33.4. The van der Waals surface area contributed by atoms with Gasteiger partial charge in [0.15, 0.2) is 0 Å². The lowest BCUT2D eigenvalue weighted by Gasteiger charge is -2.31. The number of nitrogens with zero attached hydrogens (tertiary/aromatic N) is 3. The number of benzene rings is 1. The fourth-order valence-electron chi connectivity index (χ4n) is 4.35. The van der Waals surface area contributed by atoms with E-state index in [1.807, 2.05) is 32.9 Å². The van der Waals surface area contributed by atoms with Crippen molar-refractivity contribution in [2.75, 3.05) is 18.4 Å². The van der Waals surface area contributed by atoms with E-state index in [0.29, 0.717) is 40.9 Å². The Labute approximate surface area is 198 Å². The first-order chi connectivity index (χ1) is 15.6. The highest BCUT2D eigenvalue weighted by Gasteiger charge is 2.35. The summed E-state index contributed by atoms with van der Waals surface area (Å²) in [5, 5.41) is 6.93. The molecule has 3 aromatic rings. The average molecular weight is 489 g/mol. The third-order valence-corrected chi connectivity index (χ3v) is 9.09. The maximum atomic E-state index is 13.5. The maximum absolute atomic E-state index is 13.5. The number of carbonyl (C=O) groups excluding carboxylic acids is 1. The van der Waals surface area contributed by atoms with E-state index in [-0.39, 0.29) is 17.3 Å². The highest BCUT2D eigenvalue weighted by atomic mass is 32.2. The second kappa shape index (κ2) is 9.00. The molecule has 8 nitrogen and oxygen atoms in total. The van der Waals surface area contributed by atoms with Gasteiger partial charge in [0.05, 0.1) is 15.7 Å². The van der Waals surface area contributed by atoms with Gasteiger partial charge >= 0.3 is 0 Å². The van der Waals surface area contributed by atoms with E-state index in [4.69, 9.17) is 4.52 Å². The fraction of sp³-hybridized carbons (Fsp3) is 0.435. The second-order valence-electron chi connectivity index (χ2n) is 8.63. The van der Waals surface area contributed by atoms with Gasteiger partial charge in [-0.15, -0.1) is 11.3 Å². The van der Waals surface area contributed by atoms with E-state index >= 15 is 0 Å². The number of sulfonamides is 1. The van der Waals surface area contributed by atoms with Crippen LogP contribution in [0, 0.1) is 40.5 Å². The Hall–Kier alpha value is -2.56. The molecule has 1 amide bonds. The molecule has 0 unspecified atom stereocenters. The van der Waals surface area contributed by atoms with Gasteiger partial charge in [-0.3, -0.25) is 4.79 Å². The summed E-state index contributed by atoms with van der Waals surface area (Å²) in [5.74, 6) is 0.244. The predicted molar refractivity (Wildman–Crippen MR) is 128 cm³/mol. The van der Waals surface area contributed by atoms with Gasteiger partial charge in [-0.1, -0.05) is 22.9 Å². The van der Waals surface area contributed by atoms with E-state index < -0.39 is 15.9 Å². The standard InChI is InChI=1S/C23H28N4O4S2/c1-13-9-14(2)21(15(3)10-13)25-23(28)18-7-6-8-27(12-18)33(29,30)20-11-19(32-16(20)4)22-24-17(5)31-26-22/h9-11,18H,6-8,12H2,1-5H3,(H,25,28)/t18-/m1/s1. The zero-order valence-electron chi connectivity index (χ0n) is 19.4. The summed E-state index contributed by atoms with van der Waals surface area (Å²) >= 11 is 1.31. The van der Waals surface area contributed by atoms with Crippen molar-refractivity contribution in [3.8, 4) is 10.7 Å². The van der Waals surface area contributed by atoms with Crippen molar-refractivity contribution < 1.29 is 17.7 Å². The van der Waals surface area contributed by atoms with Crippen molar-refractivity contribution in [3.05, 3.63) is 45.7 Å². The van der Waals surface area contributed by atoms with E-state index in [9.17, 15) is 13.2 Å². The molecule has 1 saturated heterocycles. The number of aromatic nitrogens is 2. The van der Waals surface area contributed by atoms with Crippen LogP contribution in [0.25, 0.3) is 10.7 Å². The van der Waals surface area contributed by atoms with Gasteiger partial charge in [-0.05, 0) is 57.7 Å². The van der Waals surface area contributed by atoms with Crippen LogP contribution in [0.1, 0.15) is 40.3 Å². The normalized spacial score (nSPS) is 17.3. The minimum absolute atomic E-state index is 0.144. The number of aryl methyl sites for hydroxylation is 5. The molecular formula is C23H28N4O4S2. The number of carbonyl (C=O) groups is 1. The Morgan fingerprint density at radius 3 is 2.48 bits per heavy atom. The van der Waals surface area contributed by atoms with Crippen LogP contribution in [-0.2, 0) is 14.8 Å². The Balaban J connectivity index is 1.53. The highest BCUT2D eigenvalue weighted by Crippen LogP contribution is 2.35. The number of hydrogen-bond donors (Lipinski definition) is 1. The van der Waals surface area contributed by atoms with Gasteiger partial charge in [0.25, 0.3) is 0 Å². The van der Waals surface area contributed by atoms with Crippen molar-refractivity contribution in [1.29, 1.82) is 0 Å². The Morgan fingerprint density at radius 2 is 1.85 bits per heavy atom. The average Bonchev–Trinajstić information content (AvgIpc) is 3.36. The number of thiophene rings is 1. The zero-order valence-corrected chi connectivity index (χ0v) is 21.1. The van der Waals surface area contributed by atoms with Crippen LogP contribution < -0.4 is 5.32 Å². The number of rotatable bonds is 5. The minimum atomic E-state index is -3.76. The molecule has 0 radical (unpaired) electrons. The molecular weight excluding hydrogens is 460 g/mol. The van der Waals surface area contributed by atoms with Crippen molar-refractivity contribution in [2.24, 2.45) is 5.92 Å². The van der Waals surface area contributed by atoms with Crippen LogP contribution >= 0.6 is 11.3 Å². The van der Waals surface area contributed by atoms with Crippen molar-refractivity contribution in [3.63, 3.8) is 0 Å². The molecule has 1 fully saturated rings. The topological polar surface area (TPSA) is 105 Å². The highest BCUT2D eigenvalue weighted by molar-refractivity contribution is 7.89. The molecule has 0 saturated carbocycles. The molecule has 33 heavy (non-hydrogen) atoms. The molecule has 0 spiro atoms. The quantitative estimate of drug-likeness (QED) is 0.571. The van der Waals surface area contributed by atoms with Gasteiger partial charge in [0.2, 0.25) is 27.6 Å². The zero-order chi connectivity index (χ0) is 23.9. The van der Waals surface area contributed by atoms with E-state index in [1.54, 1.807) is 19.9 Å². The maximum Gasteiger partial charge on any atom is 0.244 e. The van der Waals surface area contributed by atoms with Gasteiger partial charge in [-0.2, -0.15) is 9.29 Å². The lowest BCUT2D eigenvalue weighted by Crippen LogP contribution is -2.43. The van der Waals surface area contributed by atoms with Crippen molar-refractivity contribution >= 4 is 33.0 Å². The molecule has 1 aromatic carbocycles. The molecule has 0 bridgehead atoms. The largest absolute Gasteiger partial charge is 0.339 e. The Bertz CT molecular complexity index is 1290. The molecule has 3 heterocycles. The van der Waals surface area contributed by atoms with E-state index in [0.717, 1.165) is 22.4 Å². The lowest BCUT2D eigenvalue weighted by molar-refractivity contribution is -0.120. The summed E-state index contributed by atoms with van der Waals surface area (Å²) in [6, 6.07) is 5.66. The van der Waals surface area contributed by atoms with Crippen LogP contribution in [0.4, 0.5) is 5.69 Å². The first-order valence-corrected chi connectivity index (χ1v) is 13.1. The van der Waals surface area contributed by atoms with Crippen LogP contribution in [-0.4, -0.2) is 41.9 Å². The van der Waals surface area contributed by atoms with Crippen LogP contribution in [0.3, 0.4) is 0 Å². The van der Waals surface area contributed by atoms with E-state index in [2.05, 4.69) is 15.5 Å². The molecule has 1 atom stereocenters. The van der Waals surface area contributed by atoms with Gasteiger partial charge < -0.3 is 9.84 Å². The lowest BCUT2D eigenvalue weighted by atomic mass is 9.98. The minimum Gasteiger partial charge on any atom is -0.339 e. The molecule has 1 N–H and O–H groups in total. The number of nitrogens with one attached hydrogen (secondary N) is 1. The number of anilines is 1. The van der Waals surface area contributed by atoms with Crippen LogP contribution in [0.15, 0.2) is 27.6 Å². The molecule has 0 aliphatic carbocycles. The second-order valence-corrected chi connectivity index (χ2v) is 11.8. The number of amides is 1. The smallest absolute Gasteiger partial charge is 0.244 e. The monoisotopic (exact) mass is 488 g/mol. The first kappa shape index (κ1) is 23.6. The van der Waals surface area contributed by atoms with Gasteiger partial charge in [0.1, 0.15) is 0 Å². The first-order valence-electron chi connectivity index (χ1n) is 10.9. The predicted octanol–water partition coefficient (Wildman–Crippen LogP) is 4.38. The Morgan fingerprint density at radius 1 is 1.15 bits per heavy atom. The summed E-state index contributed by atoms with van der Waals surface area (Å²) in [4.78, 5) is 18.8. The molecule has 4 rings (SSSR count). The molecule has 1 aliphatic heterocycles. The van der Waals surface area contributed by atoms with Crippen LogP contribution in [0.2, 0.25) is 0 Å². The summed E-state index contributed by atoms with van der Waals surface area (Å²) in [6.45, 7) is 9.96. The molecule has 1 aliphatic rings. The Kier molecular flexibility index (Phi) is 6.43. The molecule has 10 heteroatoms. The summed E-state index contributed by atoms with van der Waals surface area (Å²) in [7, 11) is -3.76. The van der Waals surface area contributed by atoms with Gasteiger partial charge in [0, 0.05) is 30.6 Å². The third-order valence-electron chi connectivity index (χ3n) is 5.92. The molecule has 176 valence electrons. The fourth-order valence-corrected chi connectivity index (χ4v) is 7.36. The molecule has 2 aromatic heterocycles.